The molecule has 2 unspecified atom stereocenters. The number of alkyl halides is 3. The van der Waals surface area contributed by atoms with Crippen molar-refractivity contribution >= 4 is 11.6 Å². The zero-order valence-corrected chi connectivity index (χ0v) is 8.14. The highest BCUT2D eigenvalue weighted by Crippen LogP contribution is 2.55. The van der Waals surface area contributed by atoms with Crippen LogP contribution in [0.5, 0.6) is 0 Å². The summed E-state index contributed by atoms with van der Waals surface area (Å²) in [7, 11) is 0. The van der Waals surface area contributed by atoms with Gasteiger partial charge in [-0.2, -0.15) is 13.2 Å². The third-order valence-corrected chi connectivity index (χ3v) is 3.18. The molecule has 0 saturated heterocycles. The highest BCUT2D eigenvalue weighted by Gasteiger charge is 2.50. The average Bonchev–Trinajstić information content (AvgIpc) is 2.95. The topological polar surface area (TPSA) is 29.1 Å². The number of hydrogen-bond donors (Lipinski definition) is 1. The maximum absolute atomic E-state index is 12.7. The minimum Gasteiger partial charge on any atom is -0.325 e. The third kappa shape index (κ3) is 1.24. The van der Waals surface area contributed by atoms with Gasteiger partial charge in [-0.15, -0.1) is 0 Å². The molecule has 1 aliphatic heterocycles. The van der Waals surface area contributed by atoms with Crippen LogP contribution in [0.3, 0.4) is 0 Å². The van der Waals surface area contributed by atoms with Gasteiger partial charge < -0.3 is 5.32 Å². The Morgan fingerprint density at radius 3 is 2.69 bits per heavy atom. The molecule has 2 aliphatic rings. The Kier molecular flexibility index (Phi) is 1.68. The molecule has 1 saturated carbocycles. The fourth-order valence-electron chi connectivity index (χ4n) is 2.30. The maximum atomic E-state index is 12.7. The number of para-hydroxylation sites is 1. The molecule has 0 bridgehead atoms. The molecule has 84 valence electrons. The highest BCUT2D eigenvalue weighted by atomic mass is 19.4. The zero-order valence-electron chi connectivity index (χ0n) is 8.14. The standard InChI is InChI=1S/C11H8F3NO/c12-11(13,14)8-3-1-2-5-6-4-7(6)10(16)15-9(5)8/h1-3,6-7H,4H2,(H,15,16). The average molecular weight is 227 g/mol. The molecule has 0 spiro atoms. The largest absolute Gasteiger partial charge is 0.418 e. The summed E-state index contributed by atoms with van der Waals surface area (Å²) < 4.78 is 38.1. The van der Waals surface area contributed by atoms with Gasteiger partial charge in [-0.3, -0.25) is 4.79 Å². The summed E-state index contributed by atoms with van der Waals surface area (Å²) in [6.45, 7) is 0. The Labute approximate surface area is 89.5 Å². The first-order valence-corrected chi connectivity index (χ1v) is 4.99. The summed E-state index contributed by atoms with van der Waals surface area (Å²) >= 11 is 0. The third-order valence-electron chi connectivity index (χ3n) is 3.18. The van der Waals surface area contributed by atoms with Crippen molar-refractivity contribution in [3.63, 3.8) is 0 Å². The number of anilines is 1. The van der Waals surface area contributed by atoms with Crippen molar-refractivity contribution < 1.29 is 18.0 Å². The van der Waals surface area contributed by atoms with Crippen LogP contribution in [0.25, 0.3) is 0 Å². The van der Waals surface area contributed by atoms with Gasteiger partial charge in [-0.25, -0.2) is 0 Å². The second kappa shape index (κ2) is 2.78. The van der Waals surface area contributed by atoms with Crippen LogP contribution in [-0.4, -0.2) is 5.91 Å². The Hall–Kier alpha value is -1.52. The van der Waals surface area contributed by atoms with Crippen molar-refractivity contribution in [2.75, 3.05) is 5.32 Å². The molecule has 2 atom stereocenters. The normalized spacial score (nSPS) is 26.8. The van der Waals surface area contributed by atoms with E-state index in [1.807, 2.05) is 0 Å². The summed E-state index contributed by atoms with van der Waals surface area (Å²) in [6.07, 6.45) is -3.75. The van der Waals surface area contributed by atoms with E-state index in [2.05, 4.69) is 5.32 Å². The Morgan fingerprint density at radius 2 is 2.00 bits per heavy atom. The van der Waals surface area contributed by atoms with Crippen LogP contribution in [0.2, 0.25) is 0 Å². The minimum absolute atomic E-state index is 0.00829. The number of halogens is 3. The first kappa shape index (κ1) is 9.69. The van der Waals surface area contributed by atoms with Gasteiger partial charge in [0.25, 0.3) is 0 Å². The first-order chi connectivity index (χ1) is 7.48. The van der Waals surface area contributed by atoms with Gasteiger partial charge in [0.15, 0.2) is 0 Å². The summed E-state index contributed by atoms with van der Waals surface area (Å²) in [5.41, 5.74) is -0.165. The summed E-state index contributed by atoms with van der Waals surface area (Å²) in [4.78, 5) is 11.4. The number of carbonyl (C=O) groups excluding carboxylic acids is 1. The van der Waals surface area contributed by atoms with Crippen LogP contribution in [0.4, 0.5) is 18.9 Å². The quantitative estimate of drug-likeness (QED) is 0.725. The van der Waals surface area contributed by atoms with Gasteiger partial charge in [0.2, 0.25) is 5.91 Å². The Bertz CT molecular complexity index is 481. The van der Waals surface area contributed by atoms with Gasteiger partial charge in [0, 0.05) is 5.92 Å². The van der Waals surface area contributed by atoms with E-state index in [1.165, 1.54) is 6.07 Å². The zero-order chi connectivity index (χ0) is 11.5. The van der Waals surface area contributed by atoms with Gasteiger partial charge in [-0.05, 0) is 24.0 Å². The molecule has 1 fully saturated rings. The van der Waals surface area contributed by atoms with Crippen molar-refractivity contribution in [3.05, 3.63) is 29.3 Å². The lowest BCUT2D eigenvalue weighted by atomic mass is 9.98. The fourth-order valence-corrected chi connectivity index (χ4v) is 2.30. The first-order valence-electron chi connectivity index (χ1n) is 4.99. The lowest BCUT2D eigenvalue weighted by Crippen LogP contribution is -2.23. The number of carbonyl (C=O) groups is 1. The molecule has 5 heteroatoms. The van der Waals surface area contributed by atoms with Gasteiger partial charge in [-0.1, -0.05) is 12.1 Å². The molecular formula is C11H8F3NO. The lowest BCUT2D eigenvalue weighted by Gasteiger charge is -2.20. The Balaban J connectivity index is 2.16. The van der Waals surface area contributed by atoms with Crippen molar-refractivity contribution in [2.45, 2.75) is 18.5 Å². The van der Waals surface area contributed by atoms with Crippen LogP contribution < -0.4 is 5.32 Å². The molecular weight excluding hydrogens is 219 g/mol. The molecule has 16 heavy (non-hydrogen) atoms. The number of rotatable bonds is 0. The van der Waals surface area contributed by atoms with Crippen LogP contribution in [0.1, 0.15) is 23.5 Å². The summed E-state index contributed by atoms with van der Waals surface area (Å²) in [5, 5.41) is 2.37. The summed E-state index contributed by atoms with van der Waals surface area (Å²) in [6, 6.07) is 4.06. The van der Waals surface area contributed by atoms with Crippen LogP contribution in [0.15, 0.2) is 18.2 Å². The number of hydrogen-bond acceptors (Lipinski definition) is 1. The second-order valence-corrected chi connectivity index (χ2v) is 4.21. The van der Waals surface area contributed by atoms with Gasteiger partial charge in [0.1, 0.15) is 0 Å². The van der Waals surface area contributed by atoms with Crippen molar-refractivity contribution in [1.82, 2.24) is 0 Å². The number of fused-ring (bicyclic) bond motifs is 3. The van der Waals surface area contributed by atoms with E-state index in [-0.39, 0.29) is 23.4 Å². The highest BCUT2D eigenvalue weighted by molar-refractivity contribution is 6.00. The van der Waals surface area contributed by atoms with E-state index in [1.54, 1.807) is 6.07 Å². The Morgan fingerprint density at radius 1 is 1.25 bits per heavy atom. The van der Waals surface area contributed by atoms with Crippen molar-refractivity contribution in [3.8, 4) is 0 Å². The molecule has 1 aliphatic carbocycles. The van der Waals surface area contributed by atoms with E-state index in [9.17, 15) is 18.0 Å². The van der Waals surface area contributed by atoms with Gasteiger partial charge >= 0.3 is 6.18 Å². The van der Waals surface area contributed by atoms with Crippen LogP contribution in [-0.2, 0) is 11.0 Å². The minimum atomic E-state index is -4.42. The van der Waals surface area contributed by atoms with Crippen molar-refractivity contribution in [2.24, 2.45) is 5.92 Å². The van der Waals surface area contributed by atoms with Crippen LogP contribution in [0, 0.1) is 5.92 Å². The van der Waals surface area contributed by atoms with Gasteiger partial charge in [0.05, 0.1) is 11.3 Å². The molecule has 1 aromatic carbocycles. The van der Waals surface area contributed by atoms with E-state index >= 15 is 0 Å². The smallest absolute Gasteiger partial charge is 0.325 e. The molecule has 1 aromatic rings. The maximum Gasteiger partial charge on any atom is 0.418 e. The number of benzene rings is 1. The SMILES string of the molecule is O=C1Nc2c(cccc2C(F)(F)F)C2CC12. The van der Waals surface area contributed by atoms with E-state index in [4.69, 9.17) is 0 Å². The predicted molar refractivity (Wildman–Crippen MR) is 50.9 cm³/mol. The molecule has 2 nitrogen and oxygen atoms in total. The molecule has 1 amide bonds. The van der Waals surface area contributed by atoms with Crippen LogP contribution >= 0.6 is 0 Å². The fraction of sp³-hybridized carbons (Fsp3) is 0.364. The molecule has 0 aromatic heterocycles. The molecule has 1 heterocycles. The molecule has 0 radical (unpaired) electrons. The number of amides is 1. The number of nitrogens with one attached hydrogen (secondary N) is 1. The van der Waals surface area contributed by atoms with E-state index in [0.717, 1.165) is 6.07 Å². The second-order valence-electron chi connectivity index (χ2n) is 4.21. The molecule has 3 rings (SSSR count). The lowest BCUT2D eigenvalue weighted by molar-refractivity contribution is -0.137. The predicted octanol–water partition coefficient (Wildman–Crippen LogP) is 2.76. The van der Waals surface area contributed by atoms with E-state index in [0.29, 0.717) is 12.0 Å². The molecule has 1 N–H and O–H groups in total. The monoisotopic (exact) mass is 227 g/mol. The van der Waals surface area contributed by atoms with Crippen molar-refractivity contribution in [1.29, 1.82) is 0 Å². The van der Waals surface area contributed by atoms with E-state index < -0.39 is 11.7 Å². The summed E-state index contributed by atoms with van der Waals surface area (Å²) in [5.74, 6) is -0.406.